The zero-order chi connectivity index (χ0) is 39.2. The number of ketones is 1. The van der Waals surface area contributed by atoms with E-state index in [4.69, 9.17) is 16.3 Å². The van der Waals surface area contributed by atoms with E-state index in [0.717, 1.165) is 24.8 Å². The summed E-state index contributed by atoms with van der Waals surface area (Å²) < 4.78 is 43.7. The first-order valence-corrected chi connectivity index (χ1v) is 18.1. The third kappa shape index (κ3) is 11.0. The minimum absolute atomic E-state index is 0.0351. The molecule has 0 unspecified atom stereocenters. The topological polar surface area (TPSA) is 185 Å². The highest BCUT2D eigenvalue weighted by Crippen LogP contribution is 2.48. The molecule has 2 aromatic carbocycles. The maximum atomic E-state index is 13.0. The molecule has 17 heteroatoms. The van der Waals surface area contributed by atoms with Crippen molar-refractivity contribution in [1.29, 1.82) is 0 Å². The largest absolute Gasteiger partial charge is 0.480 e. The smallest absolute Gasteiger partial charge is 0.422 e. The van der Waals surface area contributed by atoms with Crippen molar-refractivity contribution >= 4 is 52.8 Å². The number of ether oxygens (including phenoxy) is 1. The summed E-state index contributed by atoms with van der Waals surface area (Å²) in [5.74, 6) is -2.83. The molecule has 2 amide bonds. The maximum Gasteiger partial charge on any atom is 0.422 e. The molecule has 4 atom stereocenters. The van der Waals surface area contributed by atoms with Gasteiger partial charge in [-0.05, 0) is 91.8 Å². The molecule has 2 saturated carbocycles. The molecule has 13 nitrogen and oxygen atoms in total. The Morgan fingerprint density at radius 1 is 0.981 bits per heavy atom. The van der Waals surface area contributed by atoms with Crippen molar-refractivity contribution in [2.24, 2.45) is 17.8 Å². The van der Waals surface area contributed by atoms with Crippen LogP contribution in [0.3, 0.4) is 0 Å². The van der Waals surface area contributed by atoms with Crippen LogP contribution in [0.2, 0.25) is 5.02 Å². The van der Waals surface area contributed by atoms with Gasteiger partial charge >= 0.3 is 18.2 Å². The third-order valence-electron chi connectivity index (χ3n) is 9.74. The van der Waals surface area contributed by atoms with Gasteiger partial charge in [0.2, 0.25) is 17.7 Å². The van der Waals surface area contributed by atoms with Gasteiger partial charge in [-0.2, -0.15) is 28.1 Å². The summed E-state index contributed by atoms with van der Waals surface area (Å²) in [6.07, 6.45) is -1.13. The number of Topliss-reactive ketones (excluding diaryl/α,β-unsaturated/α-hetero) is 1. The number of aromatic nitrogens is 3. The van der Waals surface area contributed by atoms with E-state index in [1.165, 1.54) is 24.3 Å². The lowest BCUT2D eigenvalue weighted by Crippen LogP contribution is -2.48. The van der Waals surface area contributed by atoms with Crippen molar-refractivity contribution in [2.75, 3.05) is 17.2 Å². The Balaban J connectivity index is 1.20. The molecule has 290 valence electrons. The van der Waals surface area contributed by atoms with E-state index in [0.29, 0.717) is 35.4 Å². The van der Waals surface area contributed by atoms with Crippen LogP contribution in [0, 0.1) is 17.8 Å². The van der Waals surface area contributed by atoms with Gasteiger partial charge in [-0.1, -0.05) is 50.9 Å². The molecule has 0 spiro atoms. The Morgan fingerprint density at radius 2 is 1.65 bits per heavy atom. The summed E-state index contributed by atoms with van der Waals surface area (Å²) >= 11 is 6.03. The minimum atomic E-state index is -4.64. The van der Waals surface area contributed by atoms with E-state index < -0.39 is 53.9 Å². The summed E-state index contributed by atoms with van der Waals surface area (Å²) in [5, 5.41) is 21.6. The summed E-state index contributed by atoms with van der Waals surface area (Å²) in [7, 11) is 0. The van der Waals surface area contributed by atoms with Gasteiger partial charge in [-0.25, -0.2) is 4.79 Å². The molecular weight excluding hydrogens is 731 g/mol. The fourth-order valence-electron chi connectivity index (χ4n) is 6.61. The number of anilines is 3. The lowest BCUT2D eigenvalue weighted by molar-refractivity contribution is -0.154. The molecule has 0 saturated heterocycles. The van der Waals surface area contributed by atoms with E-state index in [1.807, 2.05) is 12.1 Å². The number of alkyl halides is 3. The molecule has 54 heavy (non-hydrogen) atoms. The molecule has 2 aliphatic carbocycles. The van der Waals surface area contributed by atoms with E-state index in [1.54, 1.807) is 12.1 Å². The highest BCUT2D eigenvalue weighted by atomic mass is 35.5. The Hall–Kier alpha value is -4.99. The van der Waals surface area contributed by atoms with Gasteiger partial charge in [0.1, 0.15) is 6.04 Å². The fraction of sp³-hybridized carbons (Fsp3) is 0.486. The van der Waals surface area contributed by atoms with Crippen molar-refractivity contribution in [3.05, 3.63) is 64.7 Å². The van der Waals surface area contributed by atoms with Crippen molar-refractivity contribution < 1.29 is 42.2 Å². The van der Waals surface area contributed by atoms with Crippen LogP contribution in [0.1, 0.15) is 81.6 Å². The van der Waals surface area contributed by atoms with E-state index in [2.05, 4.69) is 57.0 Å². The summed E-state index contributed by atoms with van der Waals surface area (Å²) in [4.78, 5) is 62.8. The molecule has 1 heterocycles. The number of carboxylic acids is 1. The second-order valence-electron chi connectivity index (χ2n) is 14.3. The number of halogens is 4. The Bertz CT molecular complexity index is 1820. The van der Waals surface area contributed by atoms with Crippen LogP contribution in [-0.2, 0) is 19.9 Å². The van der Waals surface area contributed by atoms with Crippen molar-refractivity contribution in [1.82, 2.24) is 25.6 Å². The zero-order valence-corrected chi connectivity index (χ0v) is 30.8. The van der Waals surface area contributed by atoms with E-state index >= 15 is 0 Å². The lowest BCUT2D eigenvalue weighted by Gasteiger charge is -2.37. The number of carbonyl (C=O) groups is 4. The molecule has 5 rings (SSSR count). The fourth-order valence-corrected chi connectivity index (χ4v) is 6.74. The zero-order valence-electron chi connectivity index (χ0n) is 30.0. The number of hydrogen-bond donors (Lipinski definition) is 5. The Kier molecular flexibility index (Phi) is 12.7. The number of benzene rings is 2. The van der Waals surface area contributed by atoms with Gasteiger partial charge in [-0.3, -0.25) is 14.4 Å². The Labute approximate surface area is 315 Å². The highest BCUT2D eigenvalue weighted by molar-refractivity contribution is 6.36. The second kappa shape index (κ2) is 17.0. The van der Waals surface area contributed by atoms with Gasteiger partial charge < -0.3 is 31.1 Å². The van der Waals surface area contributed by atoms with Crippen LogP contribution in [0.25, 0.3) is 0 Å². The molecule has 5 N–H and O–H groups in total. The maximum absolute atomic E-state index is 13.0. The Morgan fingerprint density at radius 3 is 2.26 bits per heavy atom. The van der Waals surface area contributed by atoms with Crippen LogP contribution >= 0.6 is 11.6 Å². The summed E-state index contributed by atoms with van der Waals surface area (Å²) in [6, 6.07) is 10.6. The number of carboxylic acid groups (broad SMARTS) is 1. The molecular formula is C37H43ClF3N7O6. The number of rotatable bonds is 16. The van der Waals surface area contributed by atoms with Gasteiger partial charge in [-0.15, -0.1) is 0 Å². The van der Waals surface area contributed by atoms with Crippen molar-refractivity contribution in [2.45, 2.75) is 89.5 Å². The van der Waals surface area contributed by atoms with Crippen LogP contribution in [0.15, 0.2) is 48.5 Å². The second-order valence-corrected chi connectivity index (χ2v) is 14.8. The number of amides is 2. The normalized spacial score (nSPS) is 19.7. The summed E-state index contributed by atoms with van der Waals surface area (Å²) in [6.45, 7) is 4.64. The third-order valence-corrected chi connectivity index (χ3v) is 9.99. The average molecular weight is 774 g/mol. The number of nitrogens with zero attached hydrogens (tertiary/aromatic N) is 3. The minimum Gasteiger partial charge on any atom is -0.480 e. The summed E-state index contributed by atoms with van der Waals surface area (Å²) in [5.41, 5.74) is 0.744. The first-order chi connectivity index (χ1) is 25.5. The molecule has 1 aromatic heterocycles. The van der Waals surface area contributed by atoms with Crippen LogP contribution in [-0.4, -0.2) is 68.5 Å². The van der Waals surface area contributed by atoms with Crippen LogP contribution < -0.4 is 26.0 Å². The van der Waals surface area contributed by atoms with Crippen LogP contribution in [0.4, 0.5) is 30.8 Å². The van der Waals surface area contributed by atoms with E-state index in [-0.39, 0.29) is 42.3 Å². The quantitative estimate of drug-likeness (QED) is 0.101. The molecule has 0 bridgehead atoms. The van der Waals surface area contributed by atoms with E-state index in [9.17, 15) is 37.5 Å². The average Bonchev–Trinajstić information content (AvgIpc) is 3.89. The molecule has 0 aliphatic heterocycles. The molecule has 2 aliphatic rings. The SMILES string of the molecule is CC(C)[C@@H]1CC[C@@H](C)C[C@H]1NC(=O)C(=O)CC[C@H](NC(=O)c1ccc(Nc2nc(NC3(c4ccc(Cl)cc4)CC3)nc(OCC(F)(F)F)n2)cc1)C(=O)O. The molecule has 2 fully saturated rings. The standard InChI is InChI=1S/C37H43ClF3N7O6/c1-20(2)26-13-4-21(3)18-28(26)44-31(51)29(49)15-14-27(32(52)53)43-30(50)22-5-11-25(12-6-22)42-33-45-34(47-35(46-33)54-19-37(39,40)41)48-36(16-17-36)23-7-9-24(38)10-8-23/h5-12,20-21,26-28H,4,13-19H2,1-3H3,(H,43,50)(H,44,51)(H,52,53)(H2,42,45,46,47,48)/t21-,26+,27+,28-/m1/s1. The number of nitrogens with one attached hydrogen (secondary N) is 4. The van der Waals surface area contributed by atoms with Crippen molar-refractivity contribution in [3.8, 4) is 6.01 Å². The predicted octanol–water partition coefficient (Wildman–Crippen LogP) is 6.42. The van der Waals surface area contributed by atoms with Gasteiger partial charge in [0.15, 0.2) is 6.61 Å². The molecule has 0 radical (unpaired) electrons. The number of hydrogen-bond acceptors (Lipinski definition) is 10. The lowest BCUT2D eigenvalue weighted by atomic mass is 9.74. The van der Waals surface area contributed by atoms with Crippen LogP contribution in [0.5, 0.6) is 6.01 Å². The highest BCUT2D eigenvalue weighted by Gasteiger charge is 2.45. The first kappa shape index (κ1) is 40.2. The first-order valence-electron chi connectivity index (χ1n) is 17.7. The van der Waals surface area contributed by atoms with Gasteiger partial charge in [0.25, 0.3) is 11.8 Å². The monoisotopic (exact) mass is 773 g/mol. The van der Waals surface area contributed by atoms with Gasteiger partial charge in [0, 0.05) is 28.7 Å². The molecule has 3 aromatic rings. The van der Waals surface area contributed by atoms with Gasteiger partial charge in [0.05, 0.1) is 5.54 Å². The number of aliphatic carboxylic acids is 1. The number of carbonyl (C=O) groups excluding carboxylic acids is 3. The van der Waals surface area contributed by atoms with Crippen molar-refractivity contribution in [3.63, 3.8) is 0 Å². The predicted molar refractivity (Wildman–Crippen MR) is 193 cm³/mol.